The zero-order valence-electron chi connectivity index (χ0n) is 13.5. The number of hydrogen-bond acceptors (Lipinski definition) is 3. The molecule has 0 bridgehead atoms. The Balaban J connectivity index is 1.47. The molecule has 2 heterocycles. The maximum absolute atomic E-state index is 2.73. The van der Waals surface area contributed by atoms with Crippen LogP contribution in [0.1, 0.15) is 25.8 Å². The van der Waals surface area contributed by atoms with E-state index in [1.54, 1.807) is 0 Å². The molecule has 0 N–H and O–H groups in total. The summed E-state index contributed by atoms with van der Waals surface area (Å²) < 4.78 is 0. The fraction of sp³-hybridized carbons (Fsp3) is 0.667. The van der Waals surface area contributed by atoms with Crippen molar-refractivity contribution >= 4 is 0 Å². The predicted molar refractivity (Wildman–Crippen MR) is 88.4 cm³/mol. The second-order valence-corrected chi connectivity index (χ2v) is 6.83. The Morgan fingerprint density at radius 3 is 2.38 bits per heavy atom. The van der Waals surface area contributed by atoms with Crippen LogP contribution in [0.2, 0.25) is 0 Å². The second-order valence-electron chi connectivity index (χ2n) is 6.83. The lowest BCUT2D eigenvalue weighted by Crippen LogP contribution is -2.52. The number of piperazine rings is 1. The predicted octanol–water partition coefficient (Wildman–Crippen LogP) is 2.29. The summed E-state index contributed by atoms with van der Waals surface area (Å²) in [4.78, 5) is 7.95. The van der Waals surface area contributed by atoms with Crippen LogP contribution in [0.3, 0.4) is 0 Å². The molecule has 2 aliphatic rings. The van der Waals surface area contributed by atoms with Gasteiger partial charge < -0.3 is 0 Å². The van der Waals surface area contributed by atoms with Crippen LogP contribution >= 0.6 is 0 Å². The molecule has 1 atom stereocenters. The van der Waals surface area contributed by atoms with Crippen molar-refractivity contribution in [1.29, 1.82) is 0 Å². The van der Waals surface area contributed by atoms with Crippen molar-refractivity contribution in [3.05, 3.63) is 35.9 Å². The van der Waals surface area contributed by atoms with Crippen LogP contribution in [-0.2, 0) is 6.54 Å². The first kappa shape index (κ1) is 15.0. The van der Waals surface area contributed by atoms with Crippen LogP contribution in [0.15, 0.2) is 30.3 Å². The highest BCUT2D eigenvalue weighted by Gasteiger charge is 2.30. The fourth-order valence-electron chi connectivity index (χ4n) is 3.71. The van der Waals surface area contributed by atoms with E-state index in [0.717, 1.165) is 12.6 Å². The van der Waals surface area contributed by atoms with E-state index in [-0.39, 0.29) is 0 Å². The topological polar surface area (TPSA) is 9.72 Å². The molecule has 0 saturated carbocycles. The molecule has 2 fully saturated rings. The zero-order chi connectivity index (χ0) is 14.7. The van der Waals surface area contributed by atoms with Crippen LogP contribution in [0.4, 0.5) is 0 Å². The lowest BCUT2D eigenvalue weighted by molar-refractivity contribution is 0.0797. The van der Waals surface area contributed by atoms with E-state index in [9.17, 15) is 0 Å². The molecule has 2 aliphatic heterocycles. The largest absolute Gasteiger partial charge is 0.298 e. The van der Waals surface area contributed by atoms with E-state index in [2.05, 4.69) is 58.9 Å². The van der Waals surface area contributed by atoms with Gasteiger partial charge in [-0.2, -0.15) is 0 Å². The van der Waals surface area contributed by atoms with E-state index in [1.165, 1.54) is 51.3 Å². The van der Waals surface area contributed by atoms with Gasteiger partial charge in [0, 0.05) is 57.9 Å². The van der Waals surface area contributed by atoms with Crippen LogP contribution in [-0.4, -0.2) is 66.1 Å². The third kappa shape index (κ3) is 3.85. The number of hydrogen-bond donors (Lipinski definition) is 0. The lowest BCUT2D eigenvalue weighted by Gasteiger charge is -2.39. The van der Waals surface area contributed by atoms with Gasteiger partial charge in [-0.25, -0.2) is 0 Å². The maximum atomic E-state index is 2.73. The molecule has 2 saturated heterocycles. The molecular weight excluding hydrogens is 258 g/mol. The summed E-state index contributed by atoms with van der Waals surface area (Å²) >= 11 is 0. The minimum absolute atomic E-state index is 0.699. The van der Waals surface area contributed by atoms with Gasteiger partial charge in [-0.1, -0.05) is 30.3 Å². The molecule has 0 amide bonds. The Hall–Kier alpha value is -0.900. The standard InChI is InChI=1S/C18H29N3/c1-16(2)20-10-12-21(13-11-20)18-8-9-19(15-18)14-17-6-4-3-5-7-17/h3-7,16,18H,8-15H2,1-2H3. The third-order valence-corrected chi connectivity index (χ3v) is 5.09. The summed E-state index contributed by atoms with van der Waals surface area (Å²) in [6.07, 6.45) is 1.34. The van der Waals surface area contributed by atoms with E-state index >= 15 is 0 Å². The summed E-state index contributed by atoms with van der Waals surface area (Å²) in [6.45, 7) is 13.2. The molecule has 0 aromatic heterocycles. The van der Waals surface area contributed by atoms with E-state index < -0.39 is 0 Å². The molecule has 1 unspecified atom stereocenters. The molecule has 116 valence electrons. The Morgan fingerprint density at radius 2 is 1.71 bits per heavy atom. The average Bonchev–Trinajstić information content (AvgIpc) is 2.97. The quantitative estimate of drug-likeness (QED) is 0.841. The Kier molecular flexibility index (Phi) is 4.94. The molecule has 1 aromatic rings. The number of benzene rings is 1. The lowest BCUT2D eigenvalue weighted by atomic mass is 10.1. The smallest absolute Gasteiger partial charge is 0.0236 e. The van der Waals surface area contributed by atoms with E-state index in [0.29, 0.717) is 6.04 Å². The van der Waals surface area contributed by atoms with Crippen molar-refractivity contribution in [3.63, 3.8) is 0 Å². The molecule has 3 nitrogen and oxygen atoms in total. The molecule has 1 aromatic carbocycles. The summed E-state index contributed by atoms with van der Waals surface area (Å²) in [5.74, 6) is 0. The van der Waals surface area contributed by atoms with E-state index in [1.807, 2.05) is 0 Å². The molecular formula is C18H29N3. The van der Waals surface area contributed by atoms with Gasteiger partial charge in [0.15, 0.2) is 0 Å². The number of likely N-dealkylation sites (tertiary alicyclic amines) is 1. The summed E-state index contributed by atoms with van der Waals surface area (Å²) in [7, 11) is 0. The Bertz CT molecular complexity index is 423. The SMILES string of the molecule is CC(C)N1CCN(C2CCN(Cc3ccccc3)C2)CC1. The summed E-state index contributed by atoms with van der Waals surface area (Å²) in [6, 6.07) is 12.4. The van der Waals surface area contributed by atoms with Crippen molar-refractivity contribution < 1.29 is 0 Å². The molecule has 21 heavy (non-hydrogen) atoms. The minimum Gasteiger partial charge on any atom is -0.298 e. The van der Waals surface area contributed by atoms with Gasteiger partial charge >= 0.3 is 0 Å². The van der Waals surface area contributed by atoms with Gasteiger partial charge in [0.1, 0.15) is 0 Å². The van der Waals surface area contributed by atoms with Crippen LogP contribution in [0.5, 0.6) is 0 Å². The third-order valence-electron chi connectivity index (χ3n) is 5.09. The second kappa shape index (κ2) is 6.91. The van der Waals surface area contributed by atoms with Crippen molar-refractivity contribution in [1.82, 2.24) is 14.7 Å². The van der Waals surface area contributed by atoms with Gasteiger partial charge in [0.25, 0.3) is 0 Å². The van der Waals surface area contributed by atoms with Crippen LogP contribution < -0.4 is 0 Å². The highest BCUT2D eigenvalue weighted by atomic mass is 15.3. The van der Waals surface area contributed by atoms with Gasteiger partial charge in [0.2, 0.25) is 0 Å². The van der Waals surface area contributed by atoms with Gasteiger partial charge in [-0.3, -0.25) is 14.7 Å². The first-order valence-corrected chi connectivity index (χ1v) is 8.47. The van der Waals surface area contributed by atoms with Crippen LogP contribution in [0.25, 0.3) is 0 Å². The minimum atomic E-state index is 0.699. The van der Waals surface area contributed by atoms with Crippen molar-refractivity contribution in [2.24, 2.45) is 0 Å². The van der Waals surface area contributed by atoms with Crippen molar-refractivity contribution in [2.45, 2.75) is 38.9 Å². The summed E-state index contributed by atoms with van der Waals surface area (Å²) in [5.41, 5.74) is 1.45. The molecule has 3 rings (SSSR count). The van der Waals surface area contributed by atoms with E-state index in [4.69, 9.17) is 0 Å². The Morgan fingerprint density at radius 1 is 1.00 bits per heavy atom. The zero-order valence-corrected chi connectivity index (χ0v) is 13.5. The van der Waals surface area contributed by atoms with Crippen LogP contribution in [0, 0.1) is 0 Å². The van der Waals surface area contributed by atoms with Gasteiger partial charge in [-0.05, 0) is 25.8 Å². The molecule has 3 heteroatoms. The number of nitrogens with zero attached hydrogens (tertiary/aromatic N) is 3. The monoisotopic (exact) mass is 287 g/mol. The number of rotatable bonds is 4. The molecule has 0 aliphatic carbocycles. The van der Waals surface area contributed by atoms with Crippen molar-refractivity contribution in [2.75, 3.05) is 39.3 Å². The highest BCUT2D eigenvalue weighted by Crippen LogP contribution is 2.20. The molecule has 0 radical (unpaired) electrons. The Labute approximate surface area is 129 Å². The normalized spacial score (nSPS) is 25.8. The van der Waals surface area contributed by atoms with Gasteiger partial charge in [0.05, 0.1) is 0 Å². The van der Waals surface area contributed by atoms with Gasteiger partial charge in [-0.15, -0.1) is 0 Å². The maximum Gasteiger partial charge on any atom is 0.0236 e. The highest BCUT2D eigenvalue weighted by molar-refractivity contribution is 5.14. The first-order chi connectivity index (χ1) is 10.2. The summed E-state index contributed by atoms with van der Waals surface area (Å²) in [5, 5.41) is 0. The first-order valence-electron chi connectivity index (χ1n) is 8.47. The van der Waals surface area contributed by atoms with Crippen molar-refractivity contribution in [3.8, 4) is 0 Å². The average molecular weight is 287 g/mol. The fourth-order valence-corrected chi connectivity index (χ4v) is 3.71. The molecule has 0 spiro atoms.